The molecular formula is C14H23NO. The highest BCUT2D eigenvalue weighted by molar-refractivity contribution is 5.25. The lowest BCUT2D eigenvalue weighted by molar-refractivity contribution is 0.0323. The minimum absolute atomic E-state index is 0.553. The van der Waals surface area contributed by atoms with Gasteiger partial charge in [-0.1, -0.05) is 38.1 Å². The van der Waals surface area contributed by atoms with Gasteiger partial charge in [0, 0.05) is 13.1 Å². The van der Waals surface area contributed by atoms with Crippen LogP contribution in [0.25, 0.3) is 0 Å². The van der Waals surface area contributed by atoms with Gasteiger partial charge in [-0.2, -0.15) is 0 Å². The van der Waals surface area contributed by atoms with E-state index in [9.17, 15) is 5.11 Å². The van der Waals surface area contributed by atoms with E-state index in [-0.39, 0.29) is 0 Å². The summed E-state index contributed by atoms with van der Waals surface area (Å²) in [5.74, 6) is 0. The van der Waals surface area contributed by atoms with Crippen LogP contribution in [0.2, 0.25) is 0 Å². The summed E-state index contributed by atoms with van der Waals surface area (Å²) in [4.78, 5) is 0. The molecule has 0 aromatic heterocycles. The highest BCUT2D eigenvalue weighted by Crippen LogP contribution is 2.13. The van der Waals surface area contributed by atoms with Gasteiger partial charge < -0.3 is 10.4 Å². The quantitative estimate of drug-likeness (QED) is 0.774. The number of nitrogens with one attached hydrogen (secondary N) is 1. The highest BCUT2D eigenvalue weighted by atomic mass is 16.3. The number of benzene rings is 1. The van der Waals surface area contributed by atoms with Crippen LogP contribution in [0.4, 0.5) is 0 Å². The Bertz CT molecular complexity index is 318. The van der Waals surface area contributed by atoms with Crippen LogP contribution in [0.1, 0.15) is 37.8 Å². The first-order chi connectivity index (χ1) is 7.61. The minimum Gasteiger partial charge on any atom is -0.389 e. The van der Waals surface area contributed by atoms with Gasteiger partial charge in [-0.3, -0.25) is 0 Å². The predicted molar refractivity (Wildman–Crippen MR) is 68.4 cm³/mol. The lowest BCUT2D eigenvalue weighted by Crippen LogP contribution is -2.39. The van der Waals surface area contributed by atoms with E-state index in [2.05, 4.69) is 30.4 Å². The summed E-state index contributed by atoms with van der Waals surface area (Å²) >= 11 is 0. The second-order valence-corrected chi connectivity index (χ2v) is 4.46. The molecule has 2 heteroatoms. The minimum atomic E-state index is -0.553. The van der Waals surface area contributed by atoms with E-state index < -0.39 is 5.60 Å². The smallest absolute Gasteiger partial charge is 0.0766 e. The zero-order chi connectivity index (χ0) is 12.0. The summed E-state index contributed by atoms with van der Waals surface area (Å²) in [6.45, 7) is 7.66. The molecule has 0 bridgehead atoms. The van der Waals surface area contributed by atoms with Crippen molar-refractivity contribution in [2.45, 2.75) is 45.8 Å². The summed E-state index contributed by atoms with van der Waals surface area (Å²) in [6.07, 6.45) is 1.59. The number of rotatable bonds is 6. The predicted octanol–water partition coefficient (Wildman–Crippen LogP) is 2.64. The number of hydrogen-bond acceptors (Lipinski definition) is 2. The largest absolute Gasteiger partial charge is 0.389 e. The third-order valence-corrected chi connectivity index (χ3v) is 3.35. The molecule has 0 atom stereocenters. The van der Waals surface area contributed by atoms with Crippen LogP contribution in [-0.4, -0.2) is 17.3 Å². The van der Waals surface area contributed by atoms with Crippen molar-refractivity contribution < 1.29 is 5.11 Å². The van der Waals surface area contributed by atoms with E-state index in [1.165, 1.54) is 11.1 Å². The van der Waals surface area contributed by atoms with Gasteiger partial charge >= 0.3 is 0 Å². The van der Waals surface area contributed by atoms with Crippen molar-refractivity contribution in [3.8, 4) is 0 Å². The average Bonchev–Trinajstić information content (AvgIpc) is 2.31. The second-order valence-electron chi connectivity index (χ2n) is 4.46. The van der Waals surface area contributed by atoms with Gasteiger partial charge in [-0.25, -0.2) is 0 Å². The molecule has 0 saturated carbocycles. The monoisotopic (exact) mass is 221 g/mol. The summed E-state index contributed by atoms with van der Waals surface area (Å²) in [5.41, 5.74) is 2.05. The summed E-state index contributed by atoms with van der Waals surface area (Å²) in [6, 6.07) is 8.34. The van der Waals surface area contributed by atoms with Gasteiger partial charge in [0.1, 0.15) is 0 Å². The van der Waals surface area contributed by atoms with Crippen LogP contribution in [0.3, 0.4) is 0 Å². The Kier molecular flexibility index (Phi) is 4.97. The lowest BCUT2D eigenvalue weighted by Gasteiger charge is -2.25. The molecule has 0 aliphatic rings. The van der Waals surface area contributed by atoms with E-state index in [0.29, 0.717) is 6.54 Å². The van der Waals surface area contributed by atoms with Gasteiger partial charge in [0.05, 0.1) is 5.60 Å². The molecule has 0 heterocycles. The van der Waals surface area contributed by atoms with Gasteiger partial charge in [0.25, 0.3) is 0 Å². The molecule has 1 rings (SSSR count). The van der Waals surface area contributed by atoms with Gasteiger partial charge in [0.2, 0.25) is 0 Å². The summed E-state index contributed by atoms with van der Waals surface area (Å²) in [5, 5.41) is 13.4. The Labute approximate surface area is 98.7 Å². The van der Waals surface area contributed by atoms with Crippen molar-refractivity contribution in [2.24, 2.45) is 0 Å². The average molecular weight is 221 g/mol. The fourth-order valence-electron chi connectivity index (χ4n) is 1.74. The van der Waals surface area contributed by atoms with E-state index in [1.54, 1.807) is 0 Å². The SMILES string of the molecule is CCC(O)(CC)CNCc1ccccc1C. The lowest BCUT2D eigenvalue weighted by atomic mass is 9.97. The summed E-state index contributed by atoms with van der Waals surface area (Å²) in [7, 11) is 0. The Morgan fingerprint density at radius 2 is 1.81 bits per heavy atom. The Hall–Kier alpha value is -0.860. The van der Waals surface area contributed by atoms with Crippen LogP contribution in [0.5, 0.6) is 0 Å². The molecule has 2 N–H and O–H groups in total. The molecule has 0 aliphatic heterocycles. The fourth-order valence-corrected chi connectivity index (χ4v) is 1.74. The van der Waals surface area contributed by atoms with Crippen LogP contribution < -0.4 is 5.32 Å². The molecule has 2 nitrogen and oxygen atoms in total. The first-order valence-corrected chi connectivity index (χ1v) is 6.09. The molecule has 0 aliphatic carbocycles. The van der Waals surface area contributed by atoms with E-state index >= 15 is 0 Å². The normalized spacial score (nSPS) is 11.8. The third-order valence-electron chi connectivity index (χ3n) is 3.35. The standard InChI is InChI=1S/C14H23NO/c1-4-14(16,5-2)11-15-10-13-9-7-6-8-12(13)3/h6-9,15-16H,4-5,10-11H2,1-3H3. The molecule has 16 heavy (non-hydrogen) atoms. The van der Waals surface area contributed by atoms with Crippen molar-refractivity contribution in [1.82, 2.24) is 5.32 Å². The van der Waals surface area contributed by atoms with E-state index in [1.807, 2.05) is 19.9 Å². The molecular weight excluding hydrogens is 198 g/mol. The highest BCUT2D eigenvalue weighted by Gasteiger charge is 2.21. The Morgan fingerprint density at radius 3 is 2.38 bits per heavy atom. The molecule has 90 valence electrons. The van der Waals surface area contributed by atoms with Crippen molar-refractivity contribution in [1.29, 1.82) is 0 Å². The van der Waals surface area contributed by atoms with Crippen molar-refractivity contribution in [2.75, 3.05) is 6.54 Å². The van der Waals surface area contributed by atoms with E-state index in [0.717, 1.165) is 19.4 Å². The molecule has 1 aromatic rings. The summed E-state index contributed by atoms with van der Waals surface area (Å²) < 4.78 is 0. The maximum atomic E-state index is 10.1. The zero-order valence-electron chi connectivity index (χ0n) is 10.6. The Balaban J connectivity index is 2.44. The van der Waals surface area contributed by atoms with Gasteiger partial charge in [-0.05, 0) is 30.9 Å². The zero-order valence-corrected chi connectivity index (χ0v) is 10.6. The number of hydrogen-bond donors (Lipinski definition) is 2. The fraction of sp³-hybridized carbons (Fsp3) is 0.571. The molecule has 0 saturated heterocycles. The number of aliphatic hydroxyl groups is 1. The maximum absolute atomic E-state index is 10.1. The van der Waals surface area contributed by atoms with Gasteiger partial charge in [-0.15, -0.1) is 0 Å². The molecule has 0 unspecified atom stereocenters. The maximum Gasteiger partial charge on any atom is 0.0766 e. The number of aryl methyl sites for hydroxylation is 1. The van der Waals surface area contributed by atoms with Gasteiger partial charge in [0.15, 0.2) is 0 Å². The molecule has 0 fully saturated rings. The third kappa shape index (κ3) is 3.62. The molecule has 1 aromatic carbocycles. The van der Waals surface area contributed by atoms with Crippen LogP contribution in [0, 0.1) is 6.92 Å². The van der Waals surface area contributed by atoms with Crippen LogP contribution in [0.15, 0.2) is 24.3 Å². The Morgan fingerprint density at radius 1 is 1.19 bits per heavy atom. The van der Waals surface area contributed by atoms with E-state index in [4.69, 9.17) is 0 Å². The van der Waals surface area contributed by atoms with Crippen LogP contribution in [-0.2, 0) is 6.54 Å². The molecule has 0 radical (unpaired) electrons. The second kappa shape index (κ2) is 6.02. The molecule has 0 amide bonds. The first kappa shape index (κ1) is 13.2. The topological polar surface area (TPSA) is 32.3 Å². The van der Waals surface area contributed by atoms with Crippen molar-refractivity contribution >= 4 is 0 Å². The first-order valence-electron chi connectivity index (χ1n) is 6.09. The molecule has 0 spiro atoms. The van der Waals surface area contributed by atoms with Crippen LogP contribution >= 0.6 is 0 Å². The van der Waals surface area contributed by atoms with Crippen molar-refractivity contribution in [3.63, 3.8) is 0 Å². The van der Waals surface area contributed by atoms with Crippen molar-refractivity contribution in [3.05, 3.63) is 35.4 Å².